The molecule has 1 unspecified atom stereocenters. The lowest BCUT2D eigenvalue weighted by molar-refractivity contribution is 0.200. The third-order valence-electron chi connectivity index (χ3n) is 2.28. The van der Waals surface area contributed by atoms with E-state index in [1.807, 2.05) is 6.07 Å². The number of aliphatic hydroxyl groups excluding tert-OH is 2. The van der Waals surface area contributed by atoms with Crippen molar-refractivity contribution < 1.29 is 10.2 Å². The van der Waals surface area contributed by atoms with Crippen LogP contribution in [0.4, 0.5) is 0 Å². The lowest BCUT2D eigenvalue weighted by Gasteiger charge is -2.15. The highest BCUT2D eigenvalue weighted by Gasteiger charge is 2.06. The molecule has 3 N–H and O–H groups in total. The van der Waals surface area contributed by atoms with Gasteiger partial charge in [-0.2, -0.15) is 0 Å². The highest BCUT2D eigenvalue weighted by molar-refractivity contribution is 6.42. The van der Waals surface area contributed by atoms with E-state index in [0.29, 0.717) is 23.0 Å². The van der Waals surface area contributed by atoms with Crippen molar-refractivity contribution in [1.82, 2.24) is 5.32 Å². The van der Waals surface area contributed by atoms with Gasteiger partial charge >= 0.3 is 0 Å². The van der Waals surface area contributed by atoms with Gasteiger partial charge in [-0.15, -0.1) is 0 Å². The Hall–Kier alpha value is -0.320. The topological polar surface area (TPSA) is 52.5 Å². The fourth-order valence-electron chi connectivity index (χ4n) is 1.33. The maximum absolute atomic E-state index is 9.01. The first kappa shape index (κ1) is 13.7. The monoisotopic (exact) mass is 263 g/mol. The van der Waals surface area contributed by atoms with Crippen LogP contribution in [0.25, 0.3) is 0 Å². The molecule has 1 aromatic rings. The summed E-state index contributed by atoms with van der Waals surface area (Å²) in [5.74, 6) is 0. The SMILES string of the molecule is OCCC(CO)NCc1ccc(Cl)c(Cl)c1. The van der Waals surface area contributed by atoms with Crippen molar-refractivity contribution in [1.29, 1.82) is 0 Å². The quantitative estimate of drug-likeness (QED) is 0.734. The normalized spacial score (nSPS) is 12.8. The van der Waals surface area contributed by atoms with E-state index in [9.17, 15) is 0 Å². The molecule has 0 aliphatic heterocycles. The average Bonchev–Trinajstić information content (AvgIpc) is 2.28. The minimum atomic E-state index is -0.0977. The van der Waals surface area contributed by atoms with Gasteiger partial charge in [-0.05, 0) is 24.1 Å². The van der Waals surface area contributed by atoms with Crippen LogP contribution in [0.1, 0.15) is 12.0 Å². The molecule has 90 valence electrons. The summed E-state index contributed by atoms with van der Waals surface area (Å²) in [7, 11) is 0. The number of nitrogens with one attached hydrogen (secondary N) is 1. The van der Waals surface area contributed by atoms with Crippen molar-refractivity contribution in [3.63, 3.8) is 0 Å². The summed E-state index contributed by atoms with van der Waals surface area (Å²) in [6.45, 7) is 0.642. The Balaban J connectivity index is 2.50. The molecule has 0 aliphatic rings. The van der Waals surface area contributed by atoms with Crippen molar-refractivity contribution in [3.05, 3.63) is 33.8 Å². The molecule has 1 atom stereocenters. The molecule has 0 spiro atoms. The zero-order valence-electron chi connectivity index (χ0n) is 8.79. The minimum absolute atomic E-state index is 0.00187. The molecule has 0 radical (unpaired) electrons. The maximum atomic E-state index is 9.01. The minimum Gasteiger partial charge on any atom is -0.396 e. The molecule has 0 bridgehead atoms. The zero-order chi connectivity index (χ0) is 12.0. The molecular weight excluding hydrogens is 249 g/mol. The summed E-state index contributed by atoms with van der Waals surface area (Å²) in [6, 6.07) is 5.29. The third-order valence-corrected chi connectivity index (χ3v) is 3.02. The fraction of sp³-hybridized carbons (Fsp3) is 0.455. The standard InChI is InChI=1S/C11H15Cl2NO2/c12-10-2-1-8(5-11(10)13)6-14-9(7-16)3-4-15/h1-2,5,9,14-16H,3-4,6-7H2. The Morgan fingerprint density at radius 1 is 1.19 bits per heavy atom. The van der Waals surface area contributed by atoms with Gasteiger partial charge in [-0.3, -0.25) is 0 Å². The Kier molecular flexibility index (Phi) is 6.09. The average molecular weight is 264 g/mol. The van der Waals surface area contributed by atoms with E-state index >= 15 is 0 Å². The Labute approximate surface area is 105 Å². The first-order valence-corrected chi connectivity index (χ1v) is 5.82. The van der Waals surface area contributed by atoms with E-state index in [4.69, 9.17) is 33.4 Å². The van der Waals surface area contributed by atoms with Crippen LogP contribution in [-0.4, -0.2) is 29.5 Å². The molecule has 0 saturated heterocycles. The summed E-state index contributed by atoms with van der Waals surface area (Å²) in [5.41, 5.74) is 0.991. The molecule has 0 amide bonds. The summed E-state index contributed by atoms with van der Waals surface area (Å²) in [6.07, 6.45) is 0.526. The largest absolute Gasteiger partial charge is 0.396 e. The van der Waals surface area contributed by atoms with Crippen molar-refractivity contribution >= 4 is 23.2 Å². The number of aliphatic hydroxyl groups is 2. The Bertz CT molecular complexity index is 334. The van der Waals surface area contributed by atoms with Gasteiger partial charge in [-0.1, -0.05) is 29.3 Å². The van der Waals surface area contributed by atoms with Crippen molar-refractivity contribution in [3.8, 4) is 0 Å². The lowest BCUT2D eigenvalue weighted by Crippen LogP contribution is -2.32. The van der Waals surface area contributed by atoms with Crippen LogP contribution in [0.3, 0.4) is 0 Å². The molecule has 1 rings (SSSR count). The van der Waals surface area contributed by atoms with Crippen LogP contribution in [-0.2, 0) is 6.54 Å². The van der Waals surface area contributed by atoms with Gasteiger partial charge < -0.3 is 15.5 Å². The van der Waals surface area contributed by atoms with Gasteiger partial charge in [0.05, 0.1) is 16.7 Å². The van der Waals surface area contributed by atoms with Gasteiger partial charge in [0, 0.05) is 19.2 Å². The molecule has 0 heterocycles. The van der Waals surface area contributed by atoms with Crippen LogP contribution in [0.2, 0.25) is 10.0 Å². The van der Waals surface area contributed by atoms with Crippen molar-refractivity contribution in [2.75, 3.05) is 13.2 Å². The van der Waals surface area contributed by atoms with Crippen LogP contribution in [0, 0.1) is 0 Å². The lowest BCUT2D eigenvalue weighted by atomic mass is 10.2. The molecule has 5 heteroatoms. The molecule has 3 nitrogen and oxygen atoms in total. The number of benzene rings is 1. The predicted molar refractivity (Wildman–Crippen MR) is 65.9 cm³/mol. The van der Waals surface area contributed by atoms with Crippen molar-refractivity contribution in [2.24, 2.45) is 0 Å². The number of rotatable bonds is 6. The molecule has 0 aliphatic carbocycles. The van der Waals surface area contributed by atoms with Crippen LogP contribution in [0.5, 0.6) is 0 Å². The second-order valence-corrected chi connectivity index (χ2v) is 4.34. The van der Waals surface area contributed by atoms with Crippen LogP contribution >= 0.6 is 23.2 Å². The summed E-state index contributed by atoms with van der Waals surface area (Å²) in [5, 5.41) is 21.9. The highest BCUT2D eigenvalue weighted by Crippen LogP contribution is 2.22. The Morgan fingerprint density at radius 3 is 2.50 bits per heavy atom. The first-order chi connectivity index (χ1) is 7.67. The first-order valence-electron chi connectivity index (χ1n) is 5.06. The van der Waals surface area contributed by atoms with E-state index in [1.165, 1.54) is 0 Å². The fourth-order valence-corrected chi connectivity index (χ4v) is 1.65. The highest BCUT2D eigenvalue weighted by atomic mass is 35.5. The summed E-state index contributed by atoms with van der Waals surface area (Å²) in [4.78, 5) is 0. The smallest absolute Gasteiger partial charge is 0.0595 e. The van der Waals surface area contributed by atoms with Gasteiger partial charge in [0.2, 0.25) is 0 Å². The van der Waals surface area contributed by atoms with Gasteiger partial charge in [0.25, 0.3) is 0 Å². The van der Waals surface area contributed by atoms with E-state index in [2.05, 4.69) is 5.32 Å². The maximum Gasteiger partial charge on any atom is 0.0595 e. The second kappa shape index (κ2) is 7.09. The van der Waals surface area contributed by atoms with Crippen LogP contribution in [0.15, 0.2) is 18.2 Å². The molecule has 1 aromatic carbocycles. The second-order valence-electron chi connectivity index (χ2n) is 3.52. The van der Waals surface area contributed by atoms with E-state index in [0.717, 1.165) is 5.56 Å². The van der Waals surface area contributed by atoms with E-state index in [-0.39, 0.29) is 19.3 Å². The molecule has 16 heavy (non-hydrogen) atoms. The third kappa shape index (κ3) is 4.28. The van der Waals surface area contributed by atoms with E-state index < -0.39 is 0 Å². The number of halogens is 2. The van der Waals surface area contributed by atoms with Gasteiger partial charge in [-0.25, -0.2) is 0 Å². The predicted octanol–water partition coefficient (Wildman–Crippen LogP) is 1.83. The number of hydrogen-bond acceptors (Lipinski definition) is 3. The van der Waals surface area contributed by atoms with Gasteiger partial charge in [0.15, 0.2) is 0 Å². The van der Waals surface area contributed by atoms with E-state index in [1.54, 1.807) is 12.1 Å². The summed E-state index contributed by atoms with van der Waals surface area (Å²) >= 11 is 11.7. The zero-order valence-corrected chi connectivity index (χ0v) is 10.3. The molecule has 0 saturated carbocycles. The molecule has 0 aromatic heterocycles. The molecular formula is C11H15Cl2NO2. The Morgan fingerprint density at radius 2 is 1.94 bits per heavy atom. The van der Waals surface area contributed by atoms with Crippen LogP contribution < -0.4 is 5.32 Å². The number of hydrogen-bond donors (Lipinski definition) is 3. The van der Waals surface area contributed by atoms with Gasteiger partial charge in [0.1, 0.15) is 0 Å². The summed E-state index contributed by atoms with van der Waals surface area (Å²) < 4.78 is 0. The van der Waals surface area contributed by atoms with Crippen molar-refractivity contribution in [2.45, 2.75) is 19.0 Å². The molecule has 0 fully saturated rings.